The van der Waals surface area contributed by atoms with Gasteiger partial charge in [0.15, 0.2) is 6.61 Å². The zero-order valence-corrected chi connectivity index (χ0v) is 16.9. The predicted molar refractivity (Wildman–Crippen MR) is 108 cm³/mol. The molecule has 5 heteroatoms. The summed E-state index contributed by atoms with van der Waals surface area (Å²) in [4.78, 5) is 14.7. The molecule has 0 unspecified atom stereocenters. The van der Waals surface area contributed by atoms with E-state index in [4.69, 9.17) is 4.74 Å². The molecule has 25 heavy (non-hydrogen) atoms. The fraction of sp³-hybridized carbons (Fsp3) is 0.650. The van der Waals surface area contributed by atoms with Crippen LogP contribution in [0.2, 0.25) is 0 Å². The fourth-order valence-corrected chi connectivity index (χ4v) is 6.61. The molecule has 0 atom stereocenters. The third-order valence-electron chi connectivity index (χ3n) is 4.90. The molecular weight excluding hydrogens is 350 g/mol. The predicted octanol–water partition coefficient (Wildman–Crippen LogP) is 5.11. The standard InChI is InChI=1S/C20H29NO2S2/c1-15(2)21(17-6-3-4-7-17)19(22)14-23-18-10-8-16(9-11-18)20-24-12-5-13-25-20/h8-11,15,17,20H,3-7,12-14H2,1-2H3. The Hall–Kier alpha value is -0.810. The number of amides is 1. The van der Waals surface area contributed by atoms with Gasteiger partial charge in [-0.1, -0.05) is 25.0 Å². The van der Waals surface area contributed by atoms with Gasteiger partial charge in [-0.3, -0.25) is 4.79 Å². The van der Waals surface area contributed by atoms with Gasteiger partial charge in [-0.2, -0.15) is 0 Å². The Morgan fingerprint density at radius 1 is 1.12 bits per heavy atom. The number of carbonyl (C=O) groups excluding carboxylic acids is 1. The van der Waals surface area contributed by atoms with Gasteiger partial charge in [0.05, 0.1) is 4.58 Å². The monoisotopic (exact) mass is 379 g/mol. The first-order chi connectivity index (χ1) is 12.1. The number of hydrogen-bond donors (Lipinski definition) is 0. The lowest BCUT2D eigenvalue weighted by Crippen LogP contribution is -2.45. The first-order valence-electron chi connectivity index (χ1n) is 9.42. The van der Waals surface area contributed by atoms with Crippen molar-refractivity contribution >= 4 is 29.4 Å². The van der Waals surface area contributed by atoms with Crippen molar-refractivity contribution < 1.29 is 9.53 Å². The van der Waals surface area contributed by atoms with Crippen LogP contribution >= 0.6 is 23.5 Å². The molecule has 2 fully saturated rings. The molecule has 3 rings (SSSR count). The highest BCUT2D eigenvalue weighted by molar-refractivity contribution is 8.16. The van der Waals surface area contributed by atoms with Crippen LogP contribution < -0.4 is 4.74 Å². The van der Waals surface area contributed by atoms with Gasteiger partial charge < -0.3 is 9.64 Å². The van der Waals surface area contributed by atoms with Gasteiger partial charge in [-0.15, -0.1) is 23.5 Å². The van der Waals surface area contributed by atoms with E-state index >= 15 is 0 Å². The van der Waals surface area contributed by atoms with Crippen molar-refractivity contribution in [3.05, 3.63) is 29.8 Å². The molecule has 0 bridgehead atoms. The maximum atomic E-state index is 12.7. The molecule has 1 aromatic rings. The number of rotatable bonds is 6. The fourth-order valence-electron chi connectivity index (χ4n) is 3.72. The Morgan fingerprint density at radius 3 is 2.36 bits per heavy atom. The summed E-state index contributed by atoms with van der Waals surface area (Å²) in [5, 5.41) is 0. The molecule has 0 radical (unpaired) electrons. The second-order valence-electron chi connectivity index (χ2n) is 7.12. The molecule has 138 valence electrons. The van der Waals surface area contributed by atoms with Crippen molar-refractivity contribution in [2.45, 2.75) is 62.6 Å². The van der Waals surface area contributed by atoms with Crippen LogP contribution in [-0.4, -0.2) is 41.0 Å². The van der Waals surface area contributed by atoms with E-state index in [1.54, 1.807) is 0 Å². The molecule has 0 N–H and O–H groups in total. The molecule has 1 heterocycles. The topological polar surface area (TPSA) is 29.5 Å². The summed E-state index contributed by atoms with van der Waals surface area (Å²) < 4.78 is 6.34. The second kappa shape index (κ2) is 9.22. The zero-order valence-electron chi connectivity index (χ0n) is 15.3. The van der Waals surface area contributed by atoms with E-state index < -0.39 is 0 Å². The van der Waals surface area contributed by atoms with Crippen LogP contribution in [0, 0.1) is 0 Å². The van der Waals surface area contributed by atoms with Crippen LogP contribution in [0.3, 0.4) is 0 Å². The molecule has 1 saturated carbocycles. The van der Waals surface area contributed by atoms with Crippen molar-refractivity contribution in [1.29, 1.82) is 0 Å². The Labute approximate surface area is 160 Å². The van der Waals surface area contributed by atoms with Gasteiger partial charge in [0.25, 0.3) is 5.91 Å². The van der Waals surface area contributed by atoms with Crippen molar-refractivity contribution in [3.8, 4) is 5.75 Å². The SMILES string of the molecule is CC(C)N(C(=O)COc1ccc(C2SCCCS2)cc1)C1CCCC1. The van der Waals surface area contributed by atoms with E-state index in [2.05, 4.69) is 26.0 Å². The molecule has 1 aliphatic heterocycles. The van der Waals surface area contributed by atoms with E-state index in [0.717, 1.165) is 18.6 Å². The minimum Gasteiger partial charge on any atom is -0.484 e. The maximum Gasteiger partial charge on any atom is 0.260 e. The summed E-state index contributed by atoms with van der Waals surface area (Å²) in [6, 6.07) is 8.95. The number of hydrogen-bond acceptors (Lipinski definition) is 4. The van der Waals surface area contributed by atoms with Gasteiger partial charge in [0.2, 0.25) is 0 Å². The summed E-state index contributed by atoms with van der Waals surface area (Å²) in [5.74, 6) is 3.40. The first kappa shape index (κ1) is 19.0. The molecule has 0 aromatic heterocycles. The van der Waals surface area contributed by atoms with Gasteiger partial charge >= 0.3 is 0 Å². The van der Waals surface area contributed by atoms with Crippen molar-refractivity contribution in [1.82, 2.24) is 4.90 Å². The lowest BCUT2D eigenvalue weighted by Gasteiger charge is -2.32. The molecule has 1 saturated heterocycles. The van der Waals surface area contributed by atoms with Crippen LogP contribution in [0.25, 0.3) is 0 Å². The molecule has 1 aromatic carbocycles. The molecule has 0 spiro atoms. The highest BCUT2D eigenvalue weighted by Gasteiger charge is 2.28. The van der Waals surface area contributed by atoms with Crippen molar-refractivity contribution in [2.75, 3.05) is 18.1 Å². The smallest absolute Gasteiger partial charge is 0.260 e. The van der Waals surface area contributed by atoms with Gasteiger partial charge in [0.1, 0.15) is 5.75 Å². The normalized spacial score (nSPS) is 19.3. The molecular formula is C20H29NO2S2. The van der Waals surface area contributed by atoms with Crippen LogP contribution in [0.1, 0.15) is 56.1 Å². The minimum absolute atomic E-state index is 0.115. The number of ether oxygens (including phenoxy) is 1. The molecule has 2 aliphatic rings. The van der Waals surface area contributed by atoms with E-state index in [1.165, 1.54) is 36.3 Å². The van der Waals surface area contributed by atoms with E-state index in [-0.39, 0.29) is 18.6 Å². The van der Waals surface area contributed by atoms with Crippen molar-refractivity contribution in [2.24, 2.45) is 0 Å². The number of nitrogens with zero attached hydrogens (tertiary/aromatic N) is 1. The van der Waals surface area contributed by atoms with Gasteiger partial charge in [0, 0.05) is 12.1 Å². The molecule has 1 aliphatic carbocycles. The summed E-state index contributed by atoms with van der Waals surface area (Å²) >= 11 is 4.05. The zero-order chi connectivity index (χ0) is 17.6. The number of thioether (sulfide) groups is 2. The van der Waals surface area contributed by atoms with E-state index in [9.17, 15) is 4.79 Å². The third-order valence-corrected chi connectivity index (χ3v) is 7.92. The van der Waals surface area contributed by atoms with E-state index in [0.29, 0.717) is 10.6 Å². The lowest BCUT2D eigenvalue weighted by atomic mass is 10.1. The van der Waals surface area contributed by atoms with Crippen LogP contribution in [-0.2, 0) is 4.79 Å². The molecule has 1 amide bonds. The summed E-state index contributed by atoms with van der Waals surface area (Å²) in [6.07, 6.45) is 6.05. The summed E-state index contributed by atoms with van der Waals surface area (Å²) in [6.45, 7) is 4.34. The summed E-state index contributed by atoms with van der Waals surface area (Å²) in [7, 11) is 0. The Kier molecular flexibility index (Phi) is 7.00. The van der Waals surface area contributed by atoms with Gasteiger partial charge in [-0.05, 0) is 62.3 Å². The number of benzene rings is 1. The maximum absolute atomic E-state index is 12.7. The first-order valence-corrected chi connectivity index (χ1v) is 11.5. The lowest BCUT2D eigenvalue weighted by molar-refractivity contribution is -0.137. The highest BCUT2D eigenvalue weighted by atomic mass is 32.2. The van der Waals surface area contributed by atoms with Crippen LogP contribution in [0.4, 0.5) is 0 Å². The number of carbonyl (C=O) groups is 1. The largest absolute Gasteiger partial charge is 0.484 e. The minimum atomic E-state index is 0.115. The second-order valence-corrected chi connectivity index (χ2v) is 9.84. The van der Waals surface area contributed by atoms with Gasteiger partial charge in [-0.25, -0.2) is 0 Å². The Morgan fingerprint density at radius 2 is 1.76 bits per heavy atom. The van der Waals surface area contributed by atoms with Crippen molar-refractivity contribution in [3.63, 3.8) is 0 Å². The van der Waals surface area contributed by atoms with E-state index in [1.807, 2.05) is 40.6 Å². The third kappa shape index (κ3) is 5.10. The average Bonchev–Trinajstić information content (AvgIpc) is 3.15. The Bertz CT molecular complexity index is 549. The van der Waals surface area contributed by atoms with Crippen LogP contribution in [0.15, 0.2) is 24.3 Å². The Balaban J connectivity index is 1.54. The average molecular weight is 380 g/mol. The summed E-state index contributed by atoms with van der Waals surface area (Å²) in [5.41, 5.74) is 1.35. The quantitative estimate of drug-likeness (QED) is 0.686. The molecule has 3 nitrogen and oxygen atoms in total. The van der Waals surface area contributed by atoms with Crippen LogP contribution in [0.5, 0.6) is 5.75 Å². The highest BCUT2D eigenvalue weighted by Crippen LogP contribution is 2.43.